The molecule has 2 aromatic carbocycles. The third-order valence-corrected chi connectivity index (χ3v) is 8.83. The Morgan fingerprint density at radius 1 is 1.15 bits per heavy atom. The van der Waals surface area contributed by atoms with Crippen LogP contribution in [0.4, 0.5) is 14.6 Å². The van der Waals surface area contributed by atoms with Crippen LogP contribution in [0, 0.1) is 11.6 Å². The molecule has 11 nitrogen and oxygen atoms in total. The summed E-state index contributed by atoms with van der Waals surface area (Å²) in [5.74, 6) is -1.30. The van der Waals surface area contributed by atoms with Gasteiger partial charge in [-0.2, -0.15) is 9.97 Å². The molecule has 3 unspecified atom stereocenters. The number of aliphatic hydroxyl groups excluding tert-OH is 1. The number of nitrogens with zero attached hydrogens (tertiary/aromatic N) is 5. The lowest BCUT2D eigenvalue weighted by Gasteiger charge is -2.30. The number of ether oxygens (including phenoxy) is 3. The van der Waals surface area contributed by atoms with Crippen LogP contribution in [0.15, 0.2) is 24.3 Å². The number of aromatic nitrogens is 3. The number of fused-ring (bicyclic) bond motifs is 2. The lowest BCUT2D eigenvalue weighted by Crippen LogP contribution is -2.42. The smallest absolute Gasteiger partial charge is 0.319 e. The fourth-order valence-electron chi connectivity index (χ4n) is 6.50. The molecule has 246 valence electrons. The normalized spacial score (nSPS) is 22.5. The quantitative estimate of drug-likeness (QED) is 0.260. The Bertz CT molecular complexity index is 1770. The van der Waals surface area contributed by atoms with Gasteiger partial charge >= 0.3 is 6.01 Å². The number of aromatic hydroxyl groups is 1. The highest BCUT2D eigenvalue weighted by Gasteiger charge is 2.35. The highest BCUT2D eigenvalue weighted by molar-refractivity contribution is 6.03. The molecule has 3 atom stereocenters. The number of phenolic OH excluding ortho intramolecular Hbond substituents is 1. The third-order valence-electron chi connectivity index (χ3n) is 8.83. The second kappa shape index (κ2) is 12.7. The minimum absolute atomic E-state index is 0.0280. The summed E-state index contributed by atoms with van der Waals surface area (Å²) in [6.07, 6.45) is 1.60. The van der Waals surface area contributed by atoms with Crippen molar-refractivity contribution in [2.75, 3.05) is 58.5 Å². The molecule has 46 heavy (non-hydrogen) atoms. The maximum Gasteiger partial charge on any atom is 0.319 e. The minimum atomic E-state index is -1.34. The van der Waals surface area contributed by atoms with Crippen LogP contribution < -0.4 is 14.4 Å². The van der Waals surface area contributed by atoms with E-state index < -0.39 is 23.3 Å². The van der Waals surface area contributed by atoms with E-state index in [9.17, 15) is 15.3 Å². The summed E-state index contributed by atoms with van der Waals surface area (Å²) >= 11 is 0. The van der Waals surface area contributed by atoms with E-state index in [4.69, 9.17) is 19.2 Å². The number of hydrogen-bond acceptors (Lipinski definition) is 11. The van der Waals surface area contributed by atoms with E-state index in [0.717, 1.165) is 19.4 Å². The first-order chi connectivity index (χ1) is 22.0. The van der Waals surface area contributed by atoms with E-state index >= 15 is 8.78 Å². The van der Waals surface area contributed by atoms with Gasteiger partial charge in [0.1, 0.15) is 46.2 Å². The van der Waals surface area contributed by atoms with E-state index in [1.54, 1.807) is 18.7 Å². The van der Waals surface area contributed by atoms with Crippen molar-refractivity contribution in [2.45, 2.75) is 50.9 Å². The second-order valence-electron chi connectivity index (χ2n) is 12.4. The largest absolute Gasteiger partial charge is 0.508 e. The monoisotopic (exact) mass is 639 g/mol. The Kier molecular flexibility index (Phi) is 8.85. The predicted molar refractivity (Wildman–Crippen MR) is 169 cm³/mol. The Morgan fingerprint density at radius 3 is 2.65 bits per heavy atom. The van der Waals surface area contributed by atoms with Gasteiger partial charge in [-0.25, -0.2) is 13.8 Å². The van der Waals surface area contributed by atoms with Crippen LogP contribution in [0.3, 0.4) is 0 Å². The molecule has 0 spiro atoms. The van der Waals surface area contributed by atoms with E-state index in [0.29, 0.717) is 22.8 Å². The number of β-amino-alcohol motifs (C(OH)–C–C–N with tert-alkyl or cyclic N) is 1. The van der Waals surface area contributed by atoms with Gasteiger partial charge in [-0.05, 0) is 74.3 Å². The van der Waals surface area contributed by atoms with Crippen molar-refractivity contribution in [3.05, 3.63) is 41.5 Å². The molecule has 0 amide bonds. The van der Waals surface area contributed by atoms with Gasteiger partial charge in [0.15, 0.2) is 5.82 Å². The summed E-state index contributed by atoms with van der Waals surface area (Å²) in [5, 5.41) is 32.7. The van der Waals surface area contributed by atoms with Crippen molar-refractivity contribution in [3.8, 4) is 28.9 Å². The zero-order valence-electron chi connectivity index (χ0n) is 26.4. The van der Waals surface area contributed by atoms with Gasteiger partial charge < -0.3 is 39.3 Å². The molecule has 0 bridgehead atoms. The lowest BCUT2D eigenvalue weighted by atomic mass is 9.94. The number of rotatable bonds is 8. The van der Waals surface area contributed by atoms with Crippen LogP contribution in [-0.2, 0) is 11.2 Å². The summed E-state index contributed by atoms with van der Waals surface area (Å²) in [7, 11) is 3.39. The van der Waals surface area contributed by atoms with Crippen LogP contribution in [0.2, 0.25) is 0 Å². The molecule has 0 aliphatic carbocycles. The van der Waals surface area contributed by atoms with Crippen LogP contribution in [-0.4, -0.2) is 107 Å². The van der Waals surface area contributed by atoms with Crippen molar-refractivity contribution < 1.29 is 38.3 Å². The van der Waals surface area contributed by atoms with Crippen molar-refractivity contribution >= 4 is 27.5 Å². The molecule has 2 saturated heterocycles. The first-order valence-corrected chi connectivity index (χ1v) is 15.5. The Morgan fingerprint density at radius 2 is 1.96 bits per heavy atom. The molecule has 6 rings (SSSR count). The number of aryl methyl sites for hydroxylation is 1. The molecule has 2 aliphatic rings. The molecular formula is C33H39F2N5O6. The third kappa shape index (κ3) is 5.99. The van der Waals surface area contributed by atoms with Crippen LogP contribution in [0.25, 0.3) is 32.9 Å². The Labute approximate surface area is 265 Å². The summed E-state index contributed by atoms with van der Waals surface area (Å²) in [6.45, 7) is 4.39. The SMILES string of the molecule is CCc1c(F)ccc2cc(O)cc(-c3nc(OC)c4c(N5CC(CO)OCC(C)(O)C5)nc(OCC5CCCN5C)nc4c3F)c12. The van der Waals surface area contributed by atoms with Gasteiger partial charge in [0.05, 0.1) is 33.0 Å². The maximum absolute atomic E-state index is 17.0. The Hall–Kier alpha value is -3.91. The van der Waals surface area contributed by atoms with E-state index in [2.05, 4.69) is 14.9 Å². The Balaban J connectivity index is 1.60. The molecule has 4 heterocycles. The number of anilines is 1. The van der Waals surface area contributed by atoms with Crippen LogP contribution in [0.5, 0.6) is 17.6 Å². The van der Waals surface area contributed by atoms with Crippen molar-refractivity contribution in [3.63, 3.8) is 0 Å². The van der Waals surface area contributed by atoms with Crippen molar-refractivity contribution in [2.24, 2.45) is 0 Å². The van der Waals surface area contributed by atoms with E-state index in [1.807, 2.05) is 7.05 Å². The highest BCUT2D eigenvalue weighted by atomic mass is 19.1. The number of likely N-dealkylation sites (tertiary alicyclic amines) is 1. The number of likely N-dealkylation sites (N-methyl/N-ethyl adjacent to an activating group) is 1. The van der Waals surface area contributed by atoms with E-state index in [1.165, 1.54) is 31.4 Å². The predicted octanol–water partition coefficient (Wildman–Crippen LogP) is 3.82. The van der Waals surface area contributed by atoms with Gasteiger partial charge in [-0.3, -0.25) is 0 Å². The zero-order chi connectivity index (χ0) is 32.7. The molecule has 2 fully saturated rings. The number of hydrogen-bond donors (Lipinski definition) is 3. The highest BCUT2D eigenvalue weighted by Crippen LogP contribution is 2.42. The minimum Gasteiger partial charge on any atom is -0.508 e. The lowest BCUT2D eigenvalue weighted by molar-refractivity contribution is -0.0528. The molecule has 0 radical (unpaired) electrons. The second-order valence-corrected chi connectivity index (χ2v) is 12.4. The fraction of sp³-hybridized carbons (Fsp3) is 0.485. The number of benzene rings is 2. The van der Waals surface area contributed by atoms with Gasteiger partial charge in [0.25, 0.3) is 0 Å². The average Bonchev–Trinajstić information content (AvgIpc) is 3.37. The average molecular weight is 640 g/mol. The first kappa shape index (κ1) is 32.0. The van der Waals surface area contributed by atoms with Gasteiger partial charge in [-0.15, -0.1) is 0 Å². The standard InChI is InChI=1S/C33H39F2N5O6/c1-5-22-24(34)9-8-18-11-20(42)12-23(25(18)22)28-27(35)29-26(31(36-28)44-4)30(40-13-21(14-41)46-17-33(2,43)16-40)38-32(37-29)45-15-19-7-6-10-39(19)3/h8-9,11-12,19,21,41-43H,5-7,10,13-17H2,1-4H3. The number of methoxy groups -OCH3 is 1. The van der Waals surface area contributed by atoms with Crippen LogP contribution >= 0.6 is 0 Å². The van der Waals surface area contributed by atoms with Gasteiger partial charge in [0.2, 0.25) is 5.88 Å². The molecule has 0 saturated carbocycles. The number of aliphatic hydroxyl groups is 2. The molecule has 3 N–H and O–H groups in total. The summed E-state index contributed by atoms with van der Waals surface area (Å²) < 4.78 is 49.6. The molecule has 2 aromatic heterocycles. The molecule has 4 aromatic rings. The van der Waals surface area contributed by atoms with Gasteiger partial charge in [0, 0.05) is 18.2 Å². The van der Waals surface area contributed by atoms with Crippen molar-refractivity contribution in [1.29, 1.82) is 0 Å². The summed E-state index contributed by atoms with van der Waals surface area (Å²) in [4.78, 5) is 17.6. The van der Waals surface area contributed by atoms with Crippen molar-refractivity contribution in [1.82, 2.24) is 19.9 Å². The number of halogens is 2. The zero-order valence-corrected chi connectivity index (χ0v) is 26.4. The fourth-order valence-corrected chi connectivity index (χ4v) is 6.50. The number of phenols is 1. The van der Waals surface area contributed by atoms with Crippen LogP contribution in [0.1, 0.15) is 32.3 Å². The first-order valence-electron chi connectivity index (χ1n) is 15.5. The molecular weight excluding hydrogens is 600 g/mol. The maximum atomic E-state index is 17.0. The summed E-state index contributed by atoms with van der Waals surface area (Å²) in [6, 6.07) is 5.72. The molecule has 13 heteroatoms. The van der Waals surface area contributed by atoms with Gasteiger partial charge in [-0.1, -0.05) is 13.0 Å². The number of pyridine rings is 1. The van der Waals surface area contributed by atoms with E-state index in [-0.39, 0.29) is 84.6 Å². The molecule has 2 aliphatic heterocycles. The topological polar surface area (TPSA) is 134 Å². The summed E-state index contributed by atoms with van der Waals surface area (Å²) in [5.41, 5.74) is -1.18.